The zero-order chi connectivity index (χ0) is 24.9. The molecule has 0 bridgehead atoms. The fourth-order valence-electron chi connectivity index (χ4n) is 3.41. The number of esters is 1. The summed E-state index contributed by atoms with van der Waals surface area (Å²) in [7, 11) is 2.92. The highest BCUT2D eigenvalue weighted by molar-refractivity contribution is 9.10. The van der Waals surface area contributed by atoms with E-state index in [0.717, 1.165) is 21.2 Å². The number of hydrogen-bond acceptors (Lipinski definition) is 6. The number of fused-ring (bicyclic) bond motifs is 1. The number of benzene rings is 2. The molecule has 1 atom stereocenters. The van der Waals surface area contributed by atoms with Crippen molar-refractivity contribution in [2.24, 2.45) is 0 Å². The Labute approximate surface area is 207 Å². The third-order valence-corrected chi connectivity index (χ3v) is 5.53. The van der Waals surface area contributed by atoms with Gasteiger partial charge >= 0.3 is 12.1 Å². The predicted octanol–water partition coefficient (Wildman–Crippen LogP) is 4.76. The van der Waals surface area contributed by atoms with Gasteiger partial charge < -0.3 is 24.4 Å². The Morgan fingerprint density at radius 3 is 2.41 bits per heavy atom. The molecular weight excluding hydrogens is 504 g/mol. The fourth-order valence-corrected chi connectivity index (χ4v) is 3.95. The number of alkyl carbamates (subject to hydrolysis) is 1. The minimum absolute atomic E-state index is 0.0698. The molecule has 1 heterocycles. The van der Waals surface area contributed by atoms with E-state index in [-0.39, 0.29) is 12.3 Å². The lowest BCUT2D eigenvalue weighted by Gasteiger charge is -2.24. The summed E-state index contributed by atoms with van der Waals surface area (Å²) >= 11 is 3.53. The van der Waals surface area contributed by atoms with Crippen molar-refractivity contribution in [1.82, 2.24) is 10.0 Å². The van der Waals surface area contributed by atoms with Gasteiger partial charge in [0.1, 0.15) is 23.5 Å². The Balaban J connectivity index is 1.87. The van der Waals surface area contributed by atoms with Crippen LogP contribution < -0.4 is 14.9 Å². The molecule has 2 aromatic carbocycles. The first-order valence-electron chi connectivity index (χ1n) is 10.8. The van der Waals surface area contributed by atoms with Crippen molar-refractivity contribution in [3.63, 3.8) is 0 Å². The molecule has 1 amide bonds. The van der Waals surface area contributed by atoms with Gasteiger partial charge in [0.05, 0.1) is 20.3 Å². The highest BCUT2D eigenvalue weighted by Crippen LogP contribution is 2.27. The third-order valence-electron chi connectivity index (χ3n) is 4.89. The van der Waals surface area contributed by atoms with Crippen LogP contribution in [0.3, 0.4) is 0 Å². The highest BCUT2D eigenvalue weighted by atomic mass is 79.9. The van der Waals surface area contributed by atoms with Crippen LogP contribution in [-0.4, -0.2) is 49.3 Å². The van der Waals surface area contributed by atoms with E-state index in [1.54, 1.807) is 33.9 Å². The molecule has 3 rings (SSSR count). The molecule has 0 saturated heterocycles. The summed E-state index contributed by atoms with van der Waals surface area (Å²) < 4.78 is 17.8. The van der Waals surface area contributed by atoms with Crippen molar-refractivity contribution < 1.29 is 28.6 Å². The number of rotatable bonds is 8. The predicted molar refractivity (Wildman–Crippen MR) is 132 cm³/mol. The van der Waals surface area contributed by atoms with Gasteiger partial charge in [-0.2, -0.15) is 4.73 Å². The van der Waals surface area contributed by atoms with E-state index < -0.39 is 23.7 Å². The van der Waals surface area contributed by atoms with Crippen molar-refractivity contribution in [2.75, 3.05) is 20.8 Å². The maximum absolute atomic E-state index is 12.5. The van der Waals surface area contributed by atoms with Gasteiger partial charge in [-0.15, -0.1) is 0 Å². The first-order chi connectivity index (χ1) is 16.1. The Hall–Kier alpha value is -3.20. The normalized spacial score (nSPS) is 12.2. The number of ether oxygens (including phenoxy) is 3. The van der Waals surface area contributed by atoms with Gasteiger partial charge in [0.15, 0.2) is 5.69 Å². The van der Waals surface area contributed by atoms with E-state index in [4.69, 9.17) is 19.0 Å². The number of halogens is 1. The molecule has 1 unspecified atom stereocenters. The SMILES string of the molecule is COC(=O)c1cc2cccc(Br)c2n1OCC(Cc1ccc(OC)cc1)NC(=O)OC(C)(C)C. The quantitative estimate of drug-likeness (QED) is 0.420. The summed E-state index contributed by atoms with van der Waals surface area (Å²) in [5, 5.41) is 3.69. The standard InChI is InChI=1S/C25H29BrN2O6/c1-25(2,3)34-24(30)27-18(13-16-9-11-19(31-4)12-10-16)15-33-28-21(23(29)32-5)14-17-7-6-8-20(26)22(17)28/h6-12,14,18H,13,15H2,1-5H3,(H,27,30). The van der Waals surface area contributed by atoms with Gasteiger partial charge in [-0.1, -0.05) is 24.3 Å². The van der Waals surface area contributed by atoms with Crippen molar-refractivity contribution in [2.45, 2.75) is 38.8 Å². The molecule has 0 aliphatic rings. The van der Waals surface area contributed by atoms with Crippen LogP contribution in [0.5, 0.6) is 5.75 Å². The first kappa shape index (κ1) is 25.4. The van der Waals surface area contributed by atoms with Crippen LogP contribution in [0.4, 0.5) is 4.79 Å². The molecule has 9 heteroatoms. The molecule has 0 spiro atoms. The summed E-state index contributed by atoms with van der Waals surface area (Å²) in [5.74, 6) is 0.206. The summed E-state index contributed by atoms with van der Waals surface area (Å²) in [6, 6.07) is 14.4. The number of hydrogen-bond donors (Lipinski definition) is 1. The van der Waals surface area contributed by atoms with Gasteiger partial charge in [-0.25, -0.2) is 9.59 Å². The molecule has 1 aromatic heterocycles. The summed E-state index contributed by atoms with van der Waals surface area (Å²) in [4.78, 5) is 31.0. The van der Waals surface area contributed by atoms with Crippen LogP contribution in [-0.2, 0) is 15.9 Å². The lowest BCUT2D eigenvalue weighted by Crippen LogP contribution is -2.44. The lowest BCUT2D eigenvalue weighted by atomic mass is 10.1. The molecule has 1 N–H and O–H groups in total. The smallest absolute Gasteiger partial charge is 0.408 e. The molecule has 0 radical (unpaired) electrons. The Morgan fingerprint density at radius 2 is 1.79 bits per heavy atom. The number of amides is 1. The Morgan fingerprint density at radius 1 is 1.09 bits per heavy atom. The molecule has 8 nitrogen and oxygen atoms in total. The zero-order valence-electron chi connectivity index (χ0n) is 19.9. The minimum atomic E-state index is -0.644. The lowest BCUT2D eigenvalue weighted by molar-refractivity contribution is 0.0388. The maximum Gasteiger partial charge on any atom is 0.408 e. The Kier molecular flexibility index (Phi) is 8.09. The molecule has 0 aliphatic carbocycles. The van der Waals surface area contributed by atoms with Crippen molar-refractivity contribution in [3.8, 4) is 5.75 Å². The molecule has 0 saturated carbocycles. The summed E-state index contributed by atoms with van der Waals surface area (Å²) in [6.45, 7) is 5.47. The second kappa shape index (κ2) is 10.8. The molecule has 3 aromatic rings. The van der Waals surface area contributed by atoms with E-state index >= 15 is 0 Å². The third kappa shape index (κ3) is 6.44. The second-order valence-corrected chi connectivity index (χ2v) is 9.54. The van der Waals surface area contributed by atoms with Gasteiger partial charge in [0.25, 0.3) is 0 Å². The van der Waals surface area contributed by atoms with Gasteiger partial charge in [0, 0.05) is 9.86 Å². The first-order valence-corrected chi connectivity index (χ1v) is 11.5. The van der Waals surface area contributed by atoms with Crippen LogP contribution in [0.25, 0.3) is 10.9 Å². The number of carbonyl (C=O) groups is 2. The maximum atomic E-state index is 12.5. The number of nitrogens with one attached hydrogen (secondary N) is 1. The number of nitrogens with zero attached hydrogens (tertiary/aromatic N) is 1. The molecule has 34 heavy (non-hydrogen) atoms. The second-order valence-electron chi connectivity index (χ2n) is 8.68. The fraction of sp³-hybridized carbons (Fsp3) is 0.360. The van der Waals surface area contributed by atoms with Gasteiger partial charge in [-0.05, 0) is 73.0 Å². The summed E-state index contributed by atoms with van der Waals surface area (Å²) in [5.41, 5.74) is 1.25. The van der Waals surface area contributed by atoms with Gasteiger partial charge in [-0.3, -0.25) is 0 Å². The van der Waals surface area contributed by atoms with E-state index in [9.17, 15) is 9.59 Å². The van der Waals surface area contributed by atoms with Gasteiger partial charge in [0.2, 0.25) is 0 Å². The van der Waals surface area contributed by atoms with Crippen LogP contribution in [0.15, 0.2) is 53.0 Å². The van der Waals surface area contributed by atoms with E-state index in [2.05, 4.69) is 21.2 Å². The monoisotopic (exact) mass is 532 g/mol. The molecule has 0 fully saturated rings. The number of aromatic nitrogens is 1. The van der Waals surface area contributed by atoms with E-state index in [1.807, 2.05) is 42.5 Å². The van der Waals surface area contributed by atoms with E-state index in [1.165, 1.54) is 11.8 Å². The molecular formula is C25H29BrN2O6. The average molecular weight is 533 g/mol. The molecule has 182 valence electrons. The number of methoxy groups -OCH3 is 2. The van der Waals surface area contributed by atoms with E-state index in [0.29, 0.717) is 11.9 Å². The average Bonchev–Trinajstić information content (AvgIpc) is 3.16. The zero-order valence-corrected chi connectivity index (χ0v) is 21.5. The van der Waals surface area contributed by atoms with Crippen LogP contribution in [0.2, 0.25) is 0 Å². The molecule has 0 aliphatic heterocycles. The largest absolute Gasteiger partial charge is 0.497 e. The topological polar surface area (TPSA) is 88.0 Å². The van der Waals surface area contributed by atoms with Crippen molar-refractivity contribution in [1.29, 1.82) is 0 Å². The minimum Gasteiger partial charge on any atom is -0.497 e. The summed E-state index contributed by atoms with van der Waals surface area (Å²) in [6.07, 6.45) is -0.0849. The van der Waals surface area contributed by atoms with Crippen LogP contribution >= 0.6 is 15.9 Å². The Bertz CT molecular complexity index is 1150. The van der Waals surface area contributed by atoms with Crippen LogP contribution in [0, 0.1) is 0 Å². The van der Waals surface area contributed by atoms with Crippen molar-refractivity contribution >= 4 is 38.9 Å². The number of para-hydroxylation sites is 1. The highest BCUT2D eigenvalue weighted by Gasteiger charge is 2.23. The van der Waals surface area contributed by atoms with Crippen molar-refractivity contribution in [3.05, 3.63) is 64.3 Å². The van der Waals surface area contributed by atoms with Crippen LogP contribution in [0.1, 0.15) is 36.8 Å². The number of carbonyl (C=O) groups excluding carboxylic acids is 2.